The maximum absolute atomic E-state index is 13.6. The van der Waals surface area contributed by atoms with Crippen LogP contribution in [-0.2, 0) is 25.7 Å². The number of nitrogens with zero attached hydrogens (tertiary/aromatic N) is 3. The molecule has 0 saturated carbocycles. The lowest BCUT2D eigenvalue weighted by molar-refractivity contribution is -0.129. The van der Waals surface area contributed by atoms with E-state index in [0.29, 0.717) is 27.8 Å². The SMILES string of the molecule is COCCN1C(=O)/C(=C/c2cn(CC(=O)Nc3ccc(F)cc3)c3ccccc23)C(=O)N(c2ccccc2)C1=O. The number of ether oxygens (including phenoxy) is 1. The minimum atomic E-state index is -0.754. The summed E-state index contributed by atoms with van der Waals surface area (Å²) in [5.74, 6) is -2.24. The van der Waals surface area contributed by atoms with Gasteiger partial charge in [-0.05, 0) is 48.5 Å². The van der Waals surface area contributed by atoms with Crippen molar-refractivity contribution < 1.29 is 28.3 Å². The monoisotopic (exact) mass is 540 g/mol. The third kappa shape index (κ3) is 5.25. The highest BCUT2D eigenvalue weighted by Gasteiger charge is 2.42. The average molecular weight is 541 g/mol. The van der Waals surface area contributed by atoms with E-state index in [0.717, 1.165) is 9.80 Å². The Kier molecular flexibility index (Phi) is 7.52. The Bertz CT molecular complexity index is 1630. The van der Waals surface area contributed by atoms with Crippen molar-refractivity contribution in [2.24, 2.45) is 0 Å². The largest absolute Gasteiger partial charge is 0.383 e. The molecule has 1 aliphatic rings. The lowest BCUT2D eigenvalue weighted by Gasteiger charge is -2.33. The van der Waals surface area contributed by atoms with Crippen LogP contribution in [0.2, 0.25) is 0 Å². The summed E-state index contributed by atoms with van der Waals surface area (Å²) in [7, 11) is 1.46. The van der Waals surface area contributed by atoms with Crippen LogP contribution in [0.15, 0.2) is 90.6 Å². The summed E-state index contributed by atoms with van der Waals surface area (Å²) in [5, 5.41) is 3.43. The Morgan fingerprint density at radius 2 is 1.62 bits per heavy atom. The Morgan fingerprint density at radius 1 is 0.925 bits per heavy atom. The van der Waals surface area contributed by atoms with E-state index in [2.05, 4.69) is 5.32 Å². The second kappa shape index (κ2) is 11.3. The number of hydrogen-bond acceptors (Lipinski definition) is 5. The number of amides is 5. The highest BCUT2D eigenvalue weighted by atomic mass is 19.1. The van der Waals surface area contributed by atoms with Crippen molar-refractivity contribution in [3.8, 4) is 0 Å². The summed E-state index contributed by atoms with van der Waals surface area (Å²) >= 11 is 0. The van der Waals surface area contributed by atoms with Gasteiger partial charge < -0.3 is 14.6 Å². The molecule has 40 heavy (non-hydrogen) atoms. The first-order valence-electron chi connectivity index (χ1n) is 12.5. The lowest BCUT2D eigenvalue weighted by Crippen LogP contribution is -2.57. The normalized spacial score (nSPS) is 14.8. The minimum absolute atomic E-state index is 0.0343. The van der Waals surface area contributed by atoms with Gasteiger partial charge in [-0.3, -0.25) is 19.3 Å². The quantitative estimate of drug-likeness (QED) is 0.263. The fraction of sp³-hybridized carbons (Fsp3) is 0.133. The smallest absolute Gasteiger partial charge is 0.338 e. The Hall–Kier alpha value is -5.09. The summed E-state index contributed by atoms with van der Waals surface area (Å²) in [5.41, 5.74) is 1.81. The number of imide groups is 2. The van der Waals surface area contributed by atoms with E-state index in [-0.39, 0.29) is 31.2 Å². The van der Waals surface area contributed by atoms with E-state index < -0.39 is 23.7 Å². The first-order valence-corrected chi connectivity index (χ1v) is 12.5. The van der Waals surface area contributed by atoms with Gasteiger partial charge in [-0.1, -0.05) is 36.4 Å². The van der Waals surface area contributed by atoms with Crippen molar-refractivity contribution in [3.05, 3.63) is 102 Å². The number of aromatic nitrogens is 1. The molecule has 1 saturated heterocycles. The van der Waals surface area contributed by atoms with E-state index in [1.54, 1.807) is 41.1 Å². The third-order valence-electron chi connectivity index (χ3n) is 6.43. The maximum atomic E-state index is 13.6. The molecule has 0 aliphatic carbocycles. The second-order valence-electron chi connectivity index (χ2n) is 9.05. The number of nitrogens with one attached hydrogen (secondary N) is 1. The molecule has 4 aromatic rings. The van der Waals surface area contributed by atoms with Gasteiger partial charge in [0.2, 0.25) is 5.91 Å². The van der Waals surface area contributed by atoms with E-state index in [9.17, 15) is 23.6 Å². The molecule has 10 heteroatoms. The van der Waals surface area contributed by atoms with E-state index in [1.165, 1.54) is 37.5 Å². The number of methoxy groups -OCH3 is 1. The summed E-state index contributed by atoms with van der Waals surface area (Å²) in [6, 6.07) is 20.3. The van der Waals surface area contributed by atoms with Gasteiger partial charge in [0.15, 0.2) is 0 Å². The first-order chi connectivity index (χ1) is 19.4. The summed E-state index contributed by atoms with van der Waals surface area (Å²) in [4.78, 5) is 54.9. The van der Waals surface area contributed by atoms with Gasteiger partial charge in [-0.25, -0.2) is 14.1 Å². The molecule has 9 nitrogen and oxygen atoms in total. The number of hydrogen-bond donors (Lipinski definition) is 1. The van der Waals surface area contributed by atoms with E-state index in [4.69, 9.17) is 4.74 Å². The van der Waals surface area contributed by atoms with Gasteiger partial charge in [0.05, 0.1) is 18.8 Å². The van der Waals surface area contributed by atoms with Crippen molar-refractivity contribution in [2.45, 2.75) is 6.54 Å². The second-order valence-corrected chi connectivity index (χ2v) is 9.05. The zero-order valence-electron chi connectivity index (χ0n) is 21.5. The number of rotatable bonds is 8. The molecule has 1 N–H and O–H groups in total. The van der Waals surface area contributed by atoms with Gasteiger partial charge in [-0.15, -0.1) is 0 Å². The summed E-state index contributed by atoms with van der Waals surface area (Å²) in [6.45, 7) is -0.00492. The molecule has 0 radical (unpaired) electrons. The lowest BCUT2D eigenvalue weighted by atomic mass is 10.0. The molecule has 3 aromatic carbocycles. The maximum Gasteiger partial charge on any atom is 0.338 e. The first kappa shape index (κ1) is 26.5. The van der Waals surface area contributed by atoms with Crippen molar-refractivity contribution in [1.82, 2.24) is 9.47 Å². The van der Waals surface area contributed by atoms with Crippen molar-refractivity contribution >= 4 is 52.1 Å². The number of benzene rings is 3. The molecule has 0 bridgehead atoms. The molecule has 5 amide bonds. The number of halogens is 1. The van der Waals surface area contributed by atoms with E-state index >= 15 is 0 Å². The van der Waals surface area contributed by atoms with Crippen LogP contribution in [0.3, 0.4) is 0 Å². The fourth-order valence-corrected chi connectivity index (χ4v) is 4.52. The molecule has 0 atom stereocenters. The zero-order valence-corrected chi connectivity index (χ0v) is 21.5. The average Bonchev–Trinajstić information content (AvgIpc) is 3.29. The van der Waals surface area contributed by atoms with Crippen LogP contribution in [0.25, 0.3) is 17.0 Å². The highest BCUT2D eigenvalue weighted by Crippen LogP contribution is 2.29. The number of anilines is 2. The standard InChI is InChI=1S/C30H25FN4O5/c1-40-16-15-34-28(37)25(29(38)35(30(34)39)23-7-3-2-4-8-23)17-20-18-33(26-10-6-5-9-24(20)26)19-27(36)32-22-13-11-21(31)12-14-22/h2-14,17-18H,15-16,19H2,1H3,(H,32,36)/b25-17-. The predicted molar refractivity (Wildman–Crippen MR) is 148 cm³/mol. The predicted octanol–water partition coefficient (Wildman–Crippen LogP) is 4.44. The van der Waals surface area contributed by atoms with Crippen LogP contribution in [-0.4, -0.2) is 53.5 Å². The molecule has 1 fully saturated rings. The van der Waals surface area contributed by atoms with E-state index in [1.807, 2.05) is 24.3 Å². The fourth-order valence-electron chi connectivity index (χ4n) is 4.52. The molecule has 1 aliphatic heterocycles. The number of fused-ring (bicyclic) bond motifs is 1. The van der Waals surface area contributed by atoms with Crippen LogP contribution in [0.4, 0.5) is 20.6 Å². The number of carbonyl (C=O) groups excluding carboxylic acids is 4. The van der Waals surface area contributed by atoms with Crippen molar-refractivity contribution in [2.75, 3.05) is 30.5 Å². The van der Waals surface area contributed by atoms with Crippen LogP contribution in [0, 0.1) is 5.82 Å². The molecular formula is C30H25FN4O5. The topological polar surface area (TPSA) is 101 Å². The van der Waals surface area contributed by atoms with Gasteiger partial charge in [0.1, 0.15) is 17.9 Å². The molecule has 0 spiro atoms. The van der Waals surface area contributed by atoms with Crippen LogP contribution < -0.4 is 10.2 Å². The van der Waals surface area contributed by atoms with Gasteiger partial charge in [0, 0.05) is 35.5 Å². The Morgan fingerprint density at radius 3 is 2.35 bits per heavy atom. The number of para-hydroxylation sites is 2. The van der Waals surface area contributed by atoms with Gasteiger partial charge in [-0.2, -0.15) is 0 Å². The summed E-state index contributed by atoms with van der Waals surface area (Å²) < 4.78 is 20.0. The summed E-state index contributed by atoms with van der Waals surface area (Å²) in [6.07, 6.45) is 3.12. The van der Waals surface area contributed by atoms with Crippen LogP contribution in [0.1, 0.15) is 5.56 Å². The molecule has 2 heterocycles. The van der Waals surface area contributed by atoms with Crippen molar-refractivity contribution in [1.29, 1.82) is 0 Å². The zero-order chi connectivity index (χ0) is 28.2. The van der Waals surface area contributed by atoms with Gasteiger partial charge in [0.25, 0.3) is 11.8 Å². The molecule has 1 aromatic heterocycles. The molecule has 202 valence electrons. The Balaban J connectivity index is 1.52. The van der Waals surface area contributed by atoms with Gasteiger partial charge >= 0.3 is 6.03 Å². The van der Waals surface area contributed by atoms with Crippen LogP contribution >= 0.6 is 0 Å². The number of urea groups is 1. The molecule has 0 unspecified atom stereocenters. The minimum Gasteiger partial charge on any atom is -0.383 e. The molecular weight excluding hydrogens is 515 g/mol. The van der Waals surface area contributed by atoms with Crippen molar-refractivity contribution in [3.63, 3.8) is 0 Å². The third-order valence-corrected chi connectivity index (χ3v) is 6.43. The molecule has 5 rings (SSSR count). The van der Waals surface area contributed by atoms with Crippen LogP contribution in [0.5, 0.6) is 0 Å². The Labute approximate surface area is 229 Å². The number of carbonyl (C=O) groups is 4. The number of barbiturate groups is 1. The highest BCUT2D eigenvalue weighted by molar-refractivity contribution is 6.39.